The van der Waals surface area contributed by atoms with E-state index in [1.165, 1.54) is 11.1 Å². The number of nitrogens with one attached hydrogen (secondary N) is 1. The van der Waals surface area contributed by atoms with Crippen LogP contribution in [0.5, 0.6) is 0 Å². The number of halogens is 2. The van der Waals surface area contributed by atoms with Crippen molar-refractivity contribution in [2.24, 2.45) is 0 Å². The second kappa shape index (κ2) is 8.99. The summed E-state index contributed by atoms with van der Waals surface area (Å²) in [6.45, 7) is 7.61. The van der Waals surface area contributed by atoms with Gasteiger partial charge in [-0.15, -0.1) is 0 Å². The van der Waals surface area contributed by atoms with E-state index in [2.05, 4.69) is 36.7 Å². The summed E-state index contributed by atoms with van der Waals surface area (Å²) >= 11 is 12.6. The molecule has 1 N–H and O–H groups in total. The molecule has 3 aromatic rings. The highest BCUT2D eigenvalue weighted by atomic mass is 35.5. The van der Waals surface area contributed by atoms with Gasteiger partial charge in [0.2, 0.25) is 5.95 Å². The average Bonchev–Trinajstić information content (AvgIpc) is 3.03. The summed E-state index contributed by atoms with van der Waals surface area (Å²) in [4.78, 5) is 4.88. The third-order valence-electron chi connectivity index (χ3n) is 5.14. The molecule has 1 heterocycles. The first-order valence-corrected chi connectivity index (χ1v) is 10.6. The van der Waals surface area contributed by atoms with Gasteiger partial charge in [0.05, 0.1) is 10.5 Å². The molecule has 2 aromatic carbocycles. The van der Waals surface area contributed by atoms with Crippen LogP contribution in [0.15, 0.2) is 36.4 Å². The first kappa shape index (κ1) is 20.0. The fourth-order valence-electron chi connectivity index (χ4n) is 3.58. The number of unbranched alkanes of at least 4 members (excludes halogenated alkanes) is 1. The number of anilines is 2. The van der Waals surface area contributed by atoms with Crippen LogP contribution in [0, 0.1) is 0 Å². The highest BCUT2D eigenvalue weighted by molar-refractivity contribution is 6.35. The van der Waals surface area contributed by atoms with Gasteiger partial charge in [0.25, 0.3) is 0 Å². The van der Waals surface area contributed by atoms with Gasteiger partial charge in [-0.05, 0) is 61.1 Å². The van der Waals surface area contributed by atoms with E-state index < -0.39 is 0 Å². The van der Waals surface area contributed by atoms with E-state index in [-0.39, 0.29) is 0 Å². The summed E-state index contributed by atoms with van der Waals surface area (Å²) in [5.41, 5.74) is 4.36. The fourth-order valence-corrected chi connectivity index (χ4v) is 3.90. The van der Waals surface area contributed by atoms with E-state index in [9.17, 15) is 0 Å². The number of aryl methyl sites for hydroxylation is 1. The Labute approximate surface area is 171 Å². The van der Waals surface area contributed by atoms with E-state index in [1.807, 2.05) is 30.3 Å². The highest BCUT2D eigenvalue weighted by Gasteiger charge is 2.20. The summed E-state index contributed by atoms with van der Waals surface area (Å²) in [5.74, 6) is 1.34. The lowest BCUT2D eigenvalue weighted by atomic mass is 9.93. The summed E-state index contributed by atoms with van der Waals surface area (Å²) in [7, 11) is 0. The lowest BCUT2D eigenvalue weighted by Crippen LogP contribution is -2.07. The van der Waals surface area contributed by atoms with Gasteiger partial charge >= 0.3 is 0 Å². The average molecular weight is 404 g/mol. The molecule has 0 unspecified atom stereocenters. The number of benzene rings is 2. The van der Waals surface area contributed by atoms with Crippen LogP contribution in [0.2, 0.25) is 10.0 Å². The molecule has 0 radical (unpaired) electrons. The molecule has 144 valence electrons. The van der Waals surface area contributed by atoms with Crippen LogP contribution in [0.4, 0.5) is 11.6 Å². The zero-order valence-corrected chi connectivity index (χ0v) is 17.7. The zero-order valence-electron chi connectivity index (χ0n) is 16.2. The number of imidazole rings is 1. The quantitative estimate of drug-likeness (QED) is 0.415. The zero-order chi connectivity index (χ0) is 19.4. The van der Waals surface area contributed by atoms with E-state index in [0.29, 0.717) is 10.9 Å². The minimum atomic E-state index is 0.505. The molecular weight excluding hydrogens is 377 g/mol. The molecule has 0 amide bonds. The molecule has 27 heavy (non-hydrogen) atoms. The third kappa shape index (κ3) is 4.25. The molecule has 0 saturated carbocycles. The number of aromatic nitrogens is 2. The Hall–Kier alpha value is -1.71. The van der Waals surface area contributed by atoms with Gasteiger partial charge in [-0.25, -0.2) is 4.98 Å². The normalized spacial score (nSPS) is 11.5. The Kier molecular flexibility index (Phi) is 6.67. The Morgan fingerprint density at radius 3 is 2.33 bits per heavy atom. The fraction of sp³-hybridized carbons (Fsp3) is 0.409. The molecule has 3 nitrogen and oxygen atoms in total. The molecule has 0 fully saturated rings. The number of nitrogens with zero attached hydrogens (tertiary/aromatic N) is 2. The number of fused-ring (bicyclic) bond motifs is 1. The van der Waals surface area contributed by atoms with Crippen molar-refractivity contribution < 1.29 is 0 Å². The minimum absolute atomic E-state index is 0.505. The Morgan fingerprint density at radius 1 is 1.00 bits per heavy atom. The van der Waals surface area contributed by atoms with Crippen LogP contribution < -0.4 is 5.32 Å². The standard InChI is InChI=1S/C22H27Cl2N3/c1-4-7-14-27-21-18(15(5-2)6-3)12-13-19(24)20(21)26-22(27)25-17-10-8-16(23)9-11-17/h8-13,15H,4-7,14H2,1-3H3,(H,25,26). The second-order valence-corrected chi connectivity index (χ2v) is 7.76. The second-order valence-electron chi connectivity index (χ2n) is 6.92. The largest absolute Gasteiger partial charge is 0.326 e. The van der Waals surface area contributed by atoms with Crippen molar-refractivity contribution in [3.63, 3.8) is 0 Å². The molecule has 3 rings (SSSR count). The van der Waals surface area contributed by atoms with Gasteiger partial charge in [0.15, 0.2) is 0 Å². The molecule has 0 atom stereocenters. The molecule has 0 bridgehead atoms. The van der Waals surface area contributed by atoms with Crippen molar-refractivity contribution in [3.05, 3.63) is 52.0 Å². The van der Waals surface area contributed by atoms with E-state index >= 15 is 0 Å². The smallest absolute Gasteiger partial charge is 0.208 e. The van der Waals surface area contributed by atoms with Crippen molar-refractivity contribution in [2.45, 2.75) is 58.9 Å². The van der Waals surface area contributed by atoms with Gasteiger partial charge in [-0.2, -0.15) is 0 Å². The summed E-state index contributed by atoms with van der Waals surface area (Å²) in [6, 6.07) is 11.9. The molecule has 0 aliphatic rings. The maximum Gasteiger partial charge on any atom is 0.208 e. The Morgan fingerprint density at radius 2 is 1.70 bits per heavy atom. The van der Waals surface area contributed by atoms with Gasteiger partial charge in [-0.1, -0.05) is 56.5 Å². The molecule has 5 heteroatoms. The van der Waals surface area contributed by atoms with Crippen molar-refractivity contribution in [1.29, 1.82) is 0 Å². The molecule has 1 aromatic heterocycles. The topological polar surface area (TPSA) is 29.9 Å². The summed E-state index contributed by atoms with van der Waals surface area (Å²) < 4.78 is 2.30. The molecule has 0 saturated heterocycles. The SMILES string of the molecule is CCCCn1c(Nc2ccc(Cl)cc2)nc2c(Cl)ccc(C(CC)CC)c21. The van der Waals surface area contributed by atoms with Gasteiger partial charge in [-0.3, -0.25) is 0 Å². The van der Waals surface area contributed by atoms with Crippen LogP contribution in [0.25, 0.3) is 11.0 Å². The van der Waals surface area contributed by atoms with Crippen LogP contribution in [0.1, 0.15) is 57.9 Å². The van der Waals surface area contributed by atoms with E-state index in [1.54, 1.807) is 0 Å². The maximum absolute atomic E-state index is 6.54. The molecule has 0 aliphatic carbocycles. The van der Waals surface area contributed by atoms with Crippen molar-refractivity contribution in [3.8, 4) is 0 Å². The van der Waals surface area contributed by atoms with Gasteiger partial charge in [0.1, 0.15) is 5.52 Å². The Bertz CT molecular complexity index is 896. The number of hydrogen-bond acceptors (Lipinski definition) is 2. The van der Waals surface area contributed by atoms with Crippen molar-refractivity contribution >= 4 is 45.9 Å². The van der Waals surface area contributed by atoms with Crippen molar-refractivity contribution in [1.82, 2.24) is 9.55 Å². The summed E-state index contributed by atoms with van der Waals surface area (Å²) in [5, 5.41) is 4.89. The lowest BCUT2D eigenvalue weighted by Gasteiger charge is -2.17. The van der Waals surface area contributed by atoms with E-state index in [4.69, 9.17) is 28.2 Å². The highest BCUT2D eigenvalue weighted by Crippen LogP contribution is 2.36. The van der Waals surface area contributed by atoms with Crippen LogP contribution in [-0.2, 0) is 6.54 Å². The molecule has 0 aliphatic heterocycles. The summed E-state index contributed by atoms with van der Waals surface area (Å²) in [6.07, 6.45) is 4.43. The predicted molar refractivity (Wildman–Crippen MR) is 118 cm³/mol. The lowest BCUT2D eigenvalue weighted by molar-refractivity contribution is 0.626. The Balaban J connectivity index is 2.16. The van der Waals surface area contributed by atoms with Crippen LogP contribution in [-0.4, -0.2) is 9.55 Å². The van der Waals surface area contributed by atoms with Crippen molar-refractivity contribution in [2.75, 3.05) is 5.32 Å². The minimum Gasteiger partial charge on any atom is -0.326 e. The van der Waals surface area contributed by atoms with Gasteiger partial charge in [0, 0.05) is 17.3 Å². The number of hydrogen-bond donors (Lipinski definition) is 1. The maximum atomic E-state index is 6.54. The first-order chi connectivity index (χ1) is 13.1. The monoisotopic (exact) mass is 403 g/mol. The van der Waals surface area contributed by atoms with Crippen LogP contribution in [0.3, 0.4) is 0 Å². The van der Waals surface area contributed by atoms with Crippen LogP contribution >= 0.6 is 23.2 Å². The van der Waals surface area contributed by atoms with Gasteiger partial charge < -0.3 is 9.88 Å². The molecule has 0 spiro atoms. The third-order valence-corrected chi connectivity index (χ3v) is 5.69. The van der Waals surface area contributed by atoms with E-state index in [0.717, 1.165) is 54.4 Å². The number of rotatable bonds is 8. The molecular formula is C22H27Cl2N3. The predicted octanol–water partition coefficient (Wildman–Crippen LogP) is 7.79. The first-order valence-electron chi connectivity index (χ1n) is 9.80.